The molecule has 34 heavy (non-hydrogen) atoms. The van der Waals surface area contributed by atoms with Crippen LogP contribution in [0.15, 0.2) is 29.1 Å². The van der Waals surface area contributed by atoms with Gasteiger partial charge in [-0.2, -0.15) is 0 Å². The molecule has 2 aromatic carbocycles. The molecule has 0 aliphatic carbocycles. The van der Waals surface area contributed by atoms with Crippen LogP contribution in [0.4, 0.5) is 0 Å². The molecule has 3 aromatic rings. The summed E-state index contributed by atoms with van der Waals surface area (Å²) >= 11 is 0. The molecule has 10 nitrogen and oxygen atoms in total. The van der Waals surface area contributed by atoms with E-state index in [0.29, 0.717) is 39.5 Å². The summed E-state index contributed by atoms with van der Waals surface area (Å²) in [5, 5.41) is 18.4. The van der Waals surface area contributed by atoms with Crippen LogP contribution in [0.2, 0.25) is 0 Å². The van der Waals surface area contributed by atoms with Crippen LogP contribution in [0, 0.1) is 19.8 Å². The molecule has 180 valence electrons. The summed E-state index contributed by atoms with van der Waals surface area (Å²) in [6, 6.07) is 6.88. The average molecular weight is 470 g/mol. The number of ether oxygens (including phenoxy) is 3. The number of nitrogens with zero attached hydrogens (tertiary/aromatic N) is 1. The van der Waals surface area contributed by atoms with Crippen molar-refractivity contribution in [2.75, 3.05) is 20.8 Å². The first kappa shape index (κ1) is 24.6. The van der Waals surface area contributed by atoms with Crippen molar-refractivity contribution >= 4 is 22.8 Å². The Balaban J connectivity index is 1.90. The van der Waals surface area contributed by atoms with Crippen LogP contribution in [0.3, 0.4) is 0 Å². The third kappa shape index (κ3) is 5.28. The minimum atomic E-state index is -1.17. The molecule has 10 heteroatoms. The lowest BCUT2D eigenvalue weighted by Crippen LogP contribution is -2.20. The molecule has 0 bridgehead atoms. The van der Waals surface area contributed by atoms with Crippen LogP contribution in [-0.2, 0) is 9.59 Å². The zero-order valence-electron chi connectivity index (χ0n) is 19.3. The van der Waals surface area contributed by atoms with E-state index < -0.39 is 24.3 Å². The number of nitrogens with one attached hydrogen (secondary N) is 1. The Bertz CT molecular complexity index is 1280. The molecule has 0 aliphatic heterocycles. The van der Waals surface area contributed by atoms with E-state index in [9.17, 15) is 19.5 Å². The Kier molecular flexibility index (Phi) is 7.40. The summed E-state index contributed by atoms with van der Waals surface area (Å²) in [7, 11) is 2.98. The summed E-state index contributed by atoms with van der Waals surface area (Å²) in [6.07, 6.45) is -0.405. The number of aryl methyl sites for hydroxylation is 2. The van der Waals surface area contributed by atoms with Crippen LogP contribution in [0.5, 0.6) is 17.2 Å². The number of aromatic amines is 1. The third-order valence-corrected chi connectivity index (χ3v) is 5.42. The second-order valence-electron chi connectivity index (χ2n) is 7.85. The lowest BCUT2D eigenvalue weighted by Gasteiger charge is -2.16. The number of hydrogen-bond acceptors (Lipinski definition) is 7. The van der Waals surface area contributed by atoms with E-state index >= 15 is 0 Å². The van der Waals surface area contributed by atoms with Crippen molar-refractivity contribution in [1.29, 1.82) is 0 Å². The van der Waals surface area contributed by atoms with Crippen molar-refractivity contribution in [3.05, 3.63) is 45.7 Å². The Morgan fingerprint density at radius 3 is 2.29 bits per heavy atom. The lowest BCUT2D eigenvalue weighted by molar-refractivity contribution is -0.148. The van der Waals surface area contributed by atoms with E-state index in [1.54, 1.807) is 24.3 Å². The van der Waals surface area contributed by atoms with Gasteiger partial charge in [0.05, 0.1) is 38.7 Å². The van der Waals surface area contributed by atoms with Gasteiger partial charge in [-0.05, 0) is 43.5 Å². The van der Waals surface area contributed by atoms with Gasteiger partial charge in [0.15, 0.2) is 0 Å². The molecule has 0 amide bonds. The molecular weight excluding hydrogens is 444 g/mol. The largest absolute Gasteiger partial charge is 0.497 e. The Labute approximate surface area is 195 Å². The maximum atomic E-state index is 12.8. The molecule has 1 aromatic heterocycles. The summed E-state index contributed by atoms with van der Waals surface area (Å²) in [5.41, 5.74) is 2.24. The van der Waals surface area contributed by atoms with Crippen molar-refractivity contribution < 1.29 is 34.0 Å². The van der Waals surface area contributed by atoms with E-state index in [1.807, 2.05) is 13.8 Å². The molecule has 0 spiro atoms. The maximum absolute atomic E-state index is 12.8. The highest BCUT2D eigenvalue weighted by Crippen LogP contribution is 2.31. The number of hydrogen-bond donors (Lipinski definition) is 3. The maximum Gasteiger partial charge on any atom is 0.307 e. The number of carboxylic acids is 2. The van der Waals surface area contributed by atoms with Gasteiger partial charge in [-0.1, -0.05) is 0 Å². The van der Waals surface area contributed by atoms with Crippen molar-refractivity contribution in [2.24, 2.45) is 5.92 Å². The molecular formula is C24H26N2O8. The topological polar surface area (TPSA) is 148 Å². The SMILES string of the molecule is COc1cc(OC)c2c(=O)[nH]c(-c3cc(C)c(OCCC(CC(=O)O)C(=O)O)c(C)c3)nc2c1. The number of H-pyrrole nitrogens is 1. The van der Waals surface area contributed by atoms with Gasteiger partial charge in [0, 0.05) is 17.7 Å². The molecule has 0 saturated heterocycles. The number of fused-ring (bicyclic) bond motifs is 1. The highest BCUT2D eigenvalue weighted by molar-refractivity contribution is 5.87. The predicted octanol–water partition coefficient (Wildman–Crippen LogP) is 3.17. The summed E-state index contributed by atoms with van der Waals surface area (Å²) in [5.74, 6) is -1.59. The number of carbonyl (C=O) groups is 2. The Morgan fingerprint density at radius 1 is 1.06 bits per heavy atom. The fourth-order valence-corrected chi connectivity index (χ4v) is 3.77. The fourth-order valence-electron chi connectivity index (χ4n) is 3.77. The third-order valence-electron chi connectivity index (χ3n) is 5.42. The van der Waals surface area contributed by atoms with E-state index in [2.05, 4.69) is 9.97 Å². The lowest BCUT2D eigenvalue weighted by atomic mass is 10.0. The van der Waals surface area contributed by atoms with Crippen LogP contribution in [0.25, 0.3) is 22.3 Å². The van der Waals surface area contributed by atoms with Gasteiger partial charge < -0.3 is 29.4 Å². The predicted molar refractivity (Wildman–Crippen MR) is 124 cm³/mol. The minimum Gasteiger partial charge on any atom is -0.497 e. The highest BCUT2D eigenvalue weighted by Gasteiger charge is 2.21. The van der Waals surface area contributed by atoms with E-state index in [4.69, 9.17) is 19.3 Å². The highest BCUT2D eigenvalue weighted by atomic mass is 16.5. The first-order chi connectivity index (χ1) is 16.1. The summed E-state index contributed by atoms with van der Waals surface area (Å²) in [4.78, 5) is 42.3. The van der Waals surface area contributed by atoms with Gasteiger partial charge in [0.25, 0.3) is 5.56 Å². The summed E-state index contributed by atoms with van der Waals surface area (Å²) in [6.45, 7) is 3.70. The van der Waals surface area contributed by atoms with E-state index in [-0.39, 0.29) is 18.6 Å². The van der Waals surface area contributed by atoms with Gasteiger partial charge in [0.1, 0.15) is 28.5 Å². The number of rotatable bonds is 10. The molecule has 1 unspecified atom stereocenters. The van der Waals surface area contributed by atoms with Gasteiger partial charge in [0.2, 0.25) is 0 Å². The Hall–Kier alpha value is -4.08. The van der Waals surface area contributed by atoms with E-state index in [1.165, 1.54) is 14.2 Å². The number of aromatic nitrogens is 2. The van der Waals surface area contributed by atoms with Crippen molar-refractivity contribution in [2.45, 2.75) is 26.7 Å². The van der Waals surface area contributed by atoms with Gasteiger partial charge in [-0.3, -0.25) is 14.4 Å². The summed E-state index contributed by atoms with van der Waals surface area (Å²) < 4.78 is 16.4. The normalized spacial score (nSPS) is 11.8. The molecule has 0 saturated carbocycles. The zero-order chi connectivity index (χ0) is 25.0. The van der Waals surface area contributed by atoms with Gasteiger partial charge in [-0.25, -0.2) is 4.98 Å². The molecule has 0 fully saturated rings. The standard InChI is InChI=1S/C24H26N2O8/c1-12-7-15(8-13(2)21(12)34-6-5-14(24(30)31)9-19(27)28)22-25-17-10-16(32-3)11-18(33-4)20(17)23(29)26-22/h7-8,10-11,14H,5-6,9H2,1-4H3,(H,27,28)(H,30,31)(H,25,26,29). The second kappa shape index (κ2) is 10.2. The quantitative estimate of drug-likeness (QED) is 0.406. The number of aliphatic carboxylic acids is 2. The number of carboxylic acid groups (broad SMARTS) is 2. The smallest absolute Gasteiger partial charge is 0.307 e. The van der Waals surface area contributed by atoms with Crippen molar-refractivity contribution in [3.8, 4) is 28.6 Å². The first-order valence-corrected chi connectivity index (χ1v) is 10.5. The minimum absolute atomic E-state index is 0.0515. The van der Waals surface area contributed by atoms with Crippen LogP contribution < -0.4 is 19.8 Å². The molecule has 3 rings (SSSR count). The molecule has 3 N–H and O–H groups in total. The van der Waals surface area contributed by atoms with Gasteiger partial charge >= 0.3 is 11.9 Å². The average Bonchev–Trinajstić information content (AvgIpc) is 2.78. The molecule has 1 heterocycles. The second-order valence-corrected chi connectivity index (χ2v) is 7.85. The first-order valence-electron chi connectivity index (χ1n) is 10.5. The van der Waals surface area contributed by atoms with Crippen LogP contribution in [-0.4, -0.2) is 52.9 Å². The molecule has 0 aliphatic rings. The van der Waals surface area contributed by atoms with Crippen molar-refractivity contribution in [1.82, 2.24) is 9.97 Å². The number of benzene rings is 2. The molecule has 1 atom stereocenters. The van der Waals surface area contributed by atoms with E-state index in [0.717, 1.165) is 11.1 Å². The fraction of sp³-hybridized carbons (Fsp3) is 0.333. The Morgan fingerprint density at radius 2 is 1.74 bits per heavy atom. The van der Waals surface area contributed by atoms with Crippen molar-refractivity contribution in [3.63, 3.8) is 0 Å². The molecule has 0 radical (unpaired) electrons. The zero-order valence-corrected chi connectivity index (χ0v) is 19.3. The monoisotopic (exact) mass is 470 g/mol. The van der Waals surface area contributed by atoms with Crippen LogP contribution in [0.1, 0.15) is 24.0 Å². The number of methoxy groups -OCH3 is 2. The van der Waals surface area contributed by atoms with Crippen LogP contribution >= 0.6 is 0 Å². The van der Waals surface area contributed by atoms with Gasteiger partial charge in [-0.15, -0.1) is 0 Å².